The molecule has 0 aromatic carbocycles. The molecule has 1 N–H and O–H groups in total. The molecular weight excluding hydrogens is 246 g/mol. The van der Waals surface area contributed by atoms with E-state index in [2.05, 4.69) is 10.4 Å². The van der Waals surface area contributed by atoms with Crippen LogP contribution in [0.1, 0.15) is 0 Å². The van der Waals surface area contributed by atoms with E-state index in [4.69, 9.17) is 0 Å². The summed E-state index contributed by atoms with van der Waals surface area (Å²) in [6.07, 6.45) is 3.56. The summed E-state index contributed by atoms with van der Waals surface area (Å²) in [5.41, 5.74) is 0. The Bertz CT molecular complexity index is 472. The lowest BCUT2D eigenvalue weighted by Crippen LogP contribution is -2.65. The largest absolute Gasteiger partial charge is 0.330 e. The average Bonchev–Trinajstić information content (AvgIpc) is 2.94. The SMILES string of the molecule is O=C1C(=O)N2CCNCC2CN1CCn1cccn1. The van der Waals surface area contributed by atoms with Crippen LogP contribution in [0.3, 0.4) is 0 Å². The molecule has 0 bridgehead atoms. The van der Waals surface area contributed by atoms with Crippen molar-refractivity contribution in [3.63, 3.8) is 0 Å². The molecule has 3 rings (SSSR count). The molecule has 7 nitrogen and oxygen atoms in total. The zero-order valence-electron chi connectivity index (χ0n) is 10.7. The number of nitrogens with zero attached hydrogens (tertiary/aromatic N) is 4. The number of nitrogens with one attached hydrogen (secondary N) is 1. The first-order chi connectivity index (χ1) is 9.25. The zero-order chi connectivity index (χ0) is 13.2. The predicted molar refractivity (Wildman–Crippen MR) is 67.2 cm³/mol. The lowest BCUT2D eigenvalue weighted by atomic mass is 10.1. The normalized spacial score (nSPS) is 23.7. The maximum absolute atomic E-state index is 12.0. The van der Waals surface area contributed by atoms with Crippen LogP contribution < -0.4 is 5.32 Å². The monoisotopic (exact) mass is 263 g/mol. The molecule has 0 aliphatic carbocycles. The first-order valence-corrected chi connectivity index (χ1v) is 6.54. The molecule has 1 aromatic rings. The van der Waals surface area contributed by atoms with Crippen LogP contribution in [0.15, 0.2) is 18.5 Å². The van der Waals surface area contributed by atoms with Crippen LogP contribution in [0.2, 0.25) is 0 Å². The van der Waals surface area contributed by atoms with Crippen molar-refractivity contribution < 1.29 is 9.59 Å². The third-order valence-electron chi connectivity index (χ3n) is 3.67. The molecule has 1 aromatic heterocycles. The van der Waals surface area contributed by atoms with Crippen LogP contribution in [-0.2, 0) is 16.1 Å². The minimum absolute atomic E-state index is 0.108. The summed E-state index contributed by atoms with van der Waals surface area (Å²) in [7, 11) is 0. The van der Waals surface area contributed by atoms with E-state index >= 15 is 0 Å². The van der Waals surface area contributed by atoms with Crippen molar-refractivity contribution in [2.75, 3.05) is 32.7 Å². The number of amides is 2. The second-order valence-electron chi connectivity index (χ2n) is 4.88. The number of piperazine rings is 2. The highest BCUT2D eigenvalue weighted by Crippen LogP contribution is 2.13. The number of rotatable bonds is 3. The molecule has 0 saturated carbocycles. The van der Waals surface area contributed by atoms with Crippen molar-refractivity contribution in [2.24, 2.45) is 0 Å². The second-order valence-corrected chi connectivity index (χ2v) is 4.88. The standard InChI is InChI=1S/C12H17N5O2/c18-11-12(19)17-5-3-13-8-10(17)9-15(11)6-7-16-4-1-2-14-16/h1-2,4,10,13H,3,5-9H2. The molecule has 2 aliphatic rings. The van der Waals surface area contributed by atoms with Gasteiger partial charge < -0.3 is 15.1 Å². The third-order valence-corrected chi connectivity index (χ3v) is 3.67. The Morgan fingerprint density at radius 2 is 2.21 bits per heavy atom. The van der Waals surface area contributed by atoms with Gasteiger partial charge >= 0.3 is 11.8 Å². The number of aromatic nitrogens is 2. The Hall–Kier alpha value is -1.89. The first kappa shape index (κ1) is 12.2. The van der Waals surface area contributed by atoms with Crippen molar-refractivity contribution in [1.29, 1.82) is 0 Å². The summed E-state index contributed by atoms with van der Waals surface area (Å²) in [4.78, 5) is 27.4. The second kappa shape index (κ2) is 5.00. The number of carbonyl (C=O) groups is 2. The molecule has 2 aliphatic heterocycles. The van der Waals surface area contributed by atoms with E-state index in [0.717, 1.165) is 13.1 Å². The predicted octanol–water partition coefficient (Wildman–Crippen LogP) is -1.47. The summed E-state index contributed by atoms with van der Waals surface area (Å²) < 4.78 is 1.77. The van der Waals surface area contributed by atoms with Crippen LogP contribution in [0.4, 0.5) is 0 Å². The van der Waals surface area contributed by atoms with Gasteiger partial charge in [0, 0.05) is 45.1 Å². The Kier molecular flexibility index (Phi) is 3.20. The van der Waals surface area contributed by atoms with Crippen molar-refractivity contribution in [3.05, 3.63) is 18.5 Å². The molecule has 2 amide bonds. The fourth-order valence-corrected chi connectivity index (χ4v) is 2.64. The summed E-state index contributed by atoms with van der Waals surface area (Å²) in [6, 6.07) is 1.95. The Labute approximate surface area is 111 Å². The highest BCUT2D eigenvalue weighted by atomic mass is 16.2. The number of carbonyl (C=O) groups excluding carboxylic acids is 2. The van der Waals surface area contributed by atoms with Crippen LogP contribution in [0.25, 0.3) is 0 Å². The minimum atomic E-state index is -0.384. The van der Waals surface area contributed by atoms with Gasteiger partial charge in [-0.15, -0.1) is 0 Å². The van der Waals surface area contributed by atoms with Crippen molar-refractivity contribution >= 4 is 11.8 Å². The van der Waals surface area contributed by atoms with Gasteiger partial charge in [-0.05, 0) is 6.07 Å². The highest BCUT2D eigenvalue weighted by Gasteiger charge is 2.39. The van der Waals surface area contributed by atoms with Gasteiger partial charge in [0.25, 0.3) is 0 Å². The van der Waals surface area contributed by atoms with E-state index in [0.29, 0.717) is 26.2 Å². The van der Waals surface area contributed by atoms with E-state index in [-0.39, 0.29) is 17.9 Å². The van der Waals surface area contributed by atoms with Gasteiger partial charge in [0.1, 0.15) is 0 Å². The lowest BCUT2D eigenvalue weighted by molar-refractivity contribution is -0.159. The topological polar surface area (TPSA) is 70.5 Å². The molecule has 1 unspecified atom stereocenters. The van der Waals surface area contributed by atoms with E-state index in [1.165, 1.54) is 0 Å². The van der Waals surface area contributed by atoms with E-state index < -0.39 is 0 Å². The van der Waals surface area contributed by atoms with Gasteiger partial charge in [-0.3, -0.25) is 14.3 Å². The Morgan fingerprint density at radius 1 is 1.32 bits per heavy atom. The first-order valence-electron chi connectivity index (χ1n) is 6.54. The van der Waals surface area contributed by atoms with Crippen LogP contribution in [-0.4, -0.2) is 70.2 Å². The number of hydrogen-bond donors (Lipinski definition) is 1. The van der Waals surface area contributed by atoms with Gasteiger partial charge in [-0.25, -0.2) is 0 Å². The summed E-state index contributed by atoms with van der Waals surface area (Å²) in [5.74, 6) is -0.747. The number of fused-ring (bicyclic) bond motifs is 1. The van der Waals surface area contributed by atoms with Crippen LogP contribution in [0, 0.1) is 0 Å². The summed E-state index contributed by atoms with van der Waals surface area (Å²) in [5, 5.41) is 7.36. The molecule has 0 radical (unpaired) electrons. The van der Waals surface area contributed by atoms with Crippen LogP contribution >= 0.6 is 0 Å². The lowest BCUT2D eigenvalue weighted by Gasteiger charge is -2.43. The highest BCUT2D eigenvalue weighted by molar-refractivity contribution is 6.35. The average molecular weight is 263 g/mol. The fraction of sp³-hybridized carbons (Fsp3) is 0.583. The maximum atomic E-state index is 12.0. The Balaban J connectivity index is 1.65. The van der Waals surface area contributed by atoms with E-state index in [9.17, 15) is 9.59 Å². The van der Waals surface area contributed by atoms with Gasteiger partial charge in [0.15, 0.2) is 0 Å². The quantitative estimate of drug-likeness (QED) is 0.676. The molecule has 7 heteroatoms. The number of hydrogen-bond acceptors (Lipinski definition) is 4. The van der Waals surface area contributed by atoms with Gasteiger partial charge in [-0.2, -0.15) is 5.10 Å². The molecular formula is C12H17N5O2. The molecule has 1 atom stereocenters. The van der Waals surface area contributed by atoms with Crippen molar-refractivity contribution in [1.82, 2.24) is 24.9 Å². The zero-order valence-corrected chi connectivity index (χ0v) is 10.7. The summed E-state index contributed by atoms with van der Waals surface area (Å²) >= 11 is 0. The smallest absolute Gasteiger partial charge is 0.312 e. The minimum Gasteiger partial charge on any atom is -0.330 e. The maximum Gasteiger partial charge on any atom is 0.312 e. The summed E-state index contributed by atoms with van der Waals surface area (Å²) in [6.45, 7) is 3.91. The van der Waals surface area contributed by atoms with E-state index in [1.807, 2.05) is 12.3 Å². The molecule has 19 heavy (non-hydrogen) atoms. The van der Waals surface area contributed by atoms with Gasteiger partial charge in [0.2, 0.25) is 0 Å². The molecule has 0 spiro atoms. The van der Waals surface area contributed by atoms with E-state index in [1.54, 1.807) is 20.7 Å². The fourth-order valence-electron chi connectivity index (χ4n) is 2.64. The molecule has 102 valence electrons. The third kappa shape index (κ3) is 2.33. The molecule has 2 fully saturated rings. The van der Waals surface area contributed by atoms with Gasteiger partial charge in [-0.1, -0.05) is 0 Å². The van der Waals surface area contributed by atoms with Gasteiger partial charge in [0.05, 0.1) is 12.6 Å². The molecule has 3 heterocycles. The molecule has 2 saturated heterocycles. The van der Waals surface area contributed by atoms with Crippen LogP contribution in [0.5, 0.6) is 0 Å². The Morgan fingerprint density at radius 3 is 3.00 bits per heavy atom. The van der Waals surface area contributed by atoms with Crippen molar-refractivity contribution in [3.8, 4) is 0 Å². The van der Waals surface area contributed by atoms with Crippen molar-refractivity contribution in [2.45, 2.75) is 12.6 Å².